The van der Waals surface area contributed by atoms with Crippen LogP contribution >= 0.6 is 15.9 Å². The molecule has 100 valence electrons. The highest BCUT2D eigenvalue weighted by molar-refractivity contribution is 9.10. The highest BCUT2D eigenvalue weighted by Crippen LogP contribution is 2.38. The van der Waals surface area contributed by atoms with E-state index in [-0.39, 0.29) is 16.0 Å². The number of halogens is 4. The van der Waals surface area contributed by atoms with Gasteiger partial charge in [-0.25, -0.2) is 0 Å². The van der Waals surface area contributed by atoms with Crippen LogP contribution in [0.3, 0.4) is 0 Å². The van der Waals surface area contributed by atoms with Gasteiger partial charge in [-0.05, 0) is 24.1 Å². The third-order valence-electron chi connectivity index (χ3n) is 3.05. The Labute approximate surface area is 111 Å². The topological polar surface area (TPSA) is 29.5 Å². The molecule has 1 fully saturated rings. The summed E-state index contributed by atoms with van der Waals surface area (Å²) in [5, 5.41) is 10.0. The molecule has 1 aliphatic heterocycles. The number of aliphatic hydroxyl groups excluding tert-OH is 1. The average molecular weight is 325 g/mol. The Morgan fingerprint density at radius 3 is 2.67 bits per heavy atom. The van der Waals surface area contributed by atoms with Gasteiger partial charge in [0.15, 0.2) is 0 Å². The van der Waals surface area contributed by atoms with Crippen LogP contribution in [0.25, 0.3) is 0 Å². The van der Waals surface area contributed by atoms with Crippen LogP contribution in [0.2, 0.25) is 0 Å². The van der Waals surface area contributed by atoms with Crippen molar-refractivity contribution in [3.05, 3.63) is 33.8 Å². The smallest absolute Gasteiger partial charge is 0.388 e. The molecule has 6 heteroatoms. The zero-order valence-electron chi connectivity index (χ0n) is 9.38. The van der Waals surface area contributed by atoms with Crippen molar-refractivity contribution in [1.82, 2.24) is 0 Å². The van der Waals surface area contributed by atoms with Crippen molar-refractivity contribution in [1.29, 1.82) is 0 Å². The van der Waals surface area contributed by atoms with Gasteiger partial charge in [-0.1, -0.05) is 22.0 Å². The quantitative estimate of drug-likeness (QED) is 0.901. The first-order valence-corrected chi connectivity index (χ1v) is 6.31. The maximum absolute atomic E-state index is 12.7. The molecule has 1 aromatic rings. The Bertz CT molecular complexity index is 428. The molecule has 2 unspecified atom stereocenters. The van der Waals surface area contributed by atoms with Gasteiger partial charge in [0.25, 0.3) is 0 Å². The molecule has 0 spiro atoms. The lowest BCUT2D eigenvalue weighted by Crippen LogP contribution is -2.14. The minimum atomic E-state index is -4.43. The van der Waals surface area contributed by atoms with Gasteiger partial charge in [-0.2, -0.15) is 13.2 Å². The summed E-state index contributed by atoms with van der Waals surface area (Å²) >= 11 is 2.87. The Kier molecular flexibility index (Phi) is 3.99. The molecule has 1 N–H and O–H groups in total. The van der Waals surface area contributed by atoms with Crippen LogP contribution in [0.1, 0.15) is 23.7 Å². The first-order chi connectivity index (χ1) is 8.39. The molecule has 0 bridgehead atoms. The molecule has 1 aromatic carbocycles. The van der Waals surface area contributed by atoms with Gasteiger partial charge in [0, 0.05) is 17.0 Å². The van der Waals surface area contributed by atoms with Crippen molar-refractivity contribution in [3.8, 4) is 0 Å². The van der Waals surface area contributed by atoms with Crippen molar-refractivity contribution in [3.63, 3.8) is 0 Å². The van der Waals surface area contributed by atoms with Crippen LogP contribution in [-0.4, -0.2) is 18.3 Å². The molecule has 2 rings (SSSR count). The SMILES string of the molecule is OC(c1ccc(Br)c(C(F)(F)F)c1)C1CCOC1. The molecule has 0 amide bonds. The predicted octanol–water partition coefficient (Wildman–Crippen LogP) is 3.54. The van der Waals surface area contributed by atoms with Crippen molar-refractivity contribution < 1.29 is 23.0 Å². The van der Waals surface area contributed by atoms with Crippen molar-refractivity contribution >= 4 is 15.9 Å². The molecule has 2 atom stereocenters. The molecule has 1 saturated heterocycles. The van der Waals surface area contributed by atoms with Crippen molar-refractivity contribution in [2.24, 2.45) is 5.92 Å². The fourth-order valence-electron chi connectivity index (χ4n) is 2.02. The van der Waals surface area contributed by atoms with E-state index < -0.39 is 17.8 Å². The summed E-state index contributed by atoms with van der Waals surface area (Å²) in [6, 6.07) is 3.81. The lowest BCUT2D eigenvalue weighted by atomic mass is 9.94. The molecular weight excluding hydrogens is 313 g/mol. The predicted molar refractivity (Wildman–Crippen MR) is 63.0 cm³/mol. The molecule has 2 nitrogen and oxygen atoms in total. The molecule has 18 heavy (non-hydrogen) atoms. The van der Waals surface area contributed by atoms with E-state index in [1.54, 1.807) is 0 Å². The normalized spacial score (nSPS) is 22.2. The highest BCUT2D eigenvalue weighted by atomic mass is 79.9. The summed E-state index contributed by atoms with van der Waals surface area (Å²) in [5.41, 5.74) is -0.487. The van der Waals surface area contributed by atoms with Crippen LogP contribution in [-0.2, 0) is 10.9 Å². The summed E-state index contributed by atoms with van der Waals surface area (Å²) in [7, 11) is 0. The lowest BCUT2D eigenvalue weighted by Gasteiger charge is -2.19. The standard InChI is InChI=1S/C12H12BrF3O2/c13-10-2-1-7(5-9(10)12(14,15)16)11(17)8-3-4-18-6-8/h1-2,5,8,11,17H,3-4,6H2. The molecule has 1 aliphatic rings. The molecule has 0 saturated carbocycles. The van der Waals surface area contributed by atoms with Gasteiger partial charge in [0.1, 0.15) is 0 Å². The van der Waals surface area contributed by atoms with E-state index in [1.807, 2.05) is 0 Å². The number of aliphatic hydroxyl groups is 1. The number of alkyl halides is 3. The maximum atomic E-state index is 12.7. The largest absolute Gasteiger partial charge is 0.417 e. The zero-order chi connectivity index (χ0) is 13.3. The minimum Gasteiger partial charge on any atom is -0.388 e. The molecule has 1 heterocycles. The van der Waals surface area contributed by atoms with Crippen molar-refractivity contribution in [2.45, 2.75) is 18.7 Å². The Morgan fingerprint density at radius 1 is 1.39 bits per heavy atom. The number of rotatable bonds is 2. The Balaban J connectivity index is 2.28. The van der Waals surface area contributed by atoms with Gasteiger partial charge in [-0.3, -0.25) is 0 Å². The van der Waals surface area contributed by atoms with E-state index in [0.29, 0.717) is 19.6 Å². The highest BCUT2D eigenvalue weighted by Gasteiger charge is 2.34. The summed E-state index contributed by atoms with van der Waals surface area (Å²) in [6.45, 7) is 0.933. The molecule has 0 radical (unpaired) electrons. The molecular formula is C12H12BrF3O2. The van der Waals surface area contributed by atoms with Crippen LogP contribution in [0.15, 0.2) is 22.7 Å². The fraction of sp³-hybridized carbons (Fsp3) is 0.500. The van der Waals surface area contributed by atoms with Crippen molar-refractivity contribution in [2.75, 3.05) is 13.2 Å². The second-order valence-corrected chi connectivity index (χ2v) is 5.16. The second-order valence-electron chi connectivity index (χ2n) is 4.31. The maximum Gasteiger partial charge on any atom is 0.417 e. The minimum absolute atomic E-state index is 0.0198. The van der Waals surface area contributed by atoms with E-state index in [9.17, 15) is 18.3 Å². The van der Waals surface area contributed by atoms with Crippen LogP contribution in [0.4, 0.5) is 13.2 Å². The van der Waals surface area contributed by atoms with Crippen LogP contribution in [0, 0.1) is 5.92 Å². The van der Waals surface area contributed by atoms with E-state index in [2.05, 4.69) is 15.9 Å². The number of hydrogen-bond donors (Lipinski definition) is 1. The van der Waals surface area contributed by atoms with E-state index in [4.69, 9.17) is 4.74 Å². The van der Waals surface area contributed by atoms with Crippen LogP contribution < -0.4 is 0 Å². The summed E-state index contributed by atoms with van der Waals surface area (Å²) < 4.78 is 43.3. The van der Waals surface area contributed by atoms with Gasteiger partial charge in [0.2, 0.25) is 0 Å². The lowest BCUT2D eigenvalue weighted by molar-refractivity contribution is -0.138. The van der Waals surface area contributed by atoms with Gasteiger partial charge in [0.05, 0.1) is 18.3 Å². The first kappa shape index (κ1) is 13.8. The fourth-order valence-corrected chi connectivity index (χ4v) is 2.49. The zero-order valence-corrected chi connectivity index (χ0v) is 11.0. The van der Waals surface area contributed by atoms with E-state index in [1.165, 1.54) is 12.1 Å². The second kappa shape index (κ2) is 5.19. The number of ether oxygens (including phenoxy) is 1. The number of hydrogen-bond acceptors (Lipinski definition) is 2. The first-order valence-electron chi connectivity index (χ1n) is 5.52. The monoisotopic (exact) mass is 324 g/mol. The van der Waals surface area contributed by atoms with Gasteiger partial charge >= 0.3 is 6.18 Å². The summed E-state index contributed by atoms with van der Waals surface area (Å²) in [4.78, 5) is 0. The third kappa shape index (κ3) is 2.87. The van der Waals surface area contributed by atoms with Crippen LogP contribution in [0.5, 0.6) is 0 Å². The number of benzene rings is 1. The average Bonchev–Trinajstić information content (AvgIpc) is 2.80. The van der Waals surface area contributed by atoms with E-state index >= 15 is 0 Å². The Hall–Kier alpha value is -0.590. The molecule has 0 aliphatic carbocycles. The van der Waals surface area contributed by atoms with Gasteiger partial charge in [-0.15, -0.1) is 0 Å². The molecule has 0 aromatic heterocycles. The summed E-state index contributed by atoms with van der Waals surface area (Å²) in [6.07, 6.45) is -4.68. The van der Waals surface area contributed by atoms with Gasteiger partial charge < -0.3 is 9.84 Å². The third-order valence-corrected chi connectivity index (χ3v) is 3.74. The van der Waals surface area contributed by atoms with E-state index in [0.717, 1.165) is 6.07 Å². The summed E-state index contributed by atoms with van der Waals surface area (Å²) in [5.74, 6) is -0.132. The Morgan fingerprint density at radius 2 is 2.11 bits per heavy atom.